The van der Waals surface area contributed by atoms with Gasteiger partial charge >= 0.3 is 0 Å². The molecule has 5 heteroatoms. The molecule has 0 unspecified atom stereocenters. The Morgan fingerprint density at radius 1 is 0.938 bits per heavy atom. The molecule has 0 fully saturated rings. The SMILES string of the molecule is Cc1ccc(C)c2nc3sc(=O)sc3nc12. The molecular weight excluding hydrogens is 240 g/mol. The van der Waals surface area contributed by atoms with Crippen molar-refractivity contribution >= 4 is 43.4 Å². The van der Waals surface area contributed by atoms with Crippen LogP contribution >= 0.6 is 22.7 Å². The summed E-state index contributed by atoms with van der Waals surface area (Å²) in [5, 5.41) is 0. The number of benzene rings is 1. The summed E-state index contributed by atoms with van der Waals surface area (Å²) in [4.78, 5) is 21.8. The third kappa shape index (κ3) is 1.36. The van der Waals surface area contributed by atoms with E-state index in [4.69, 9.17) is 0 Å². The summed E-state index contributed by atoms with van der Waals surface area (Å²) in [6, 6.07) is 4.07. The molecule has 0 aliphatic heterocycles. The molecule has 0 bridgehead atoms. The largest absolute Gasteiger partial charge is 0.291 e. The Hall–Kier alpha value is -1.33. The second-order valence-corrected chi connectivity index (χ2v) is 5.87. The smallest absolute Gasteiger partial charge is 0.265 e. The van der Waals surface area contributed by atoms with E-state index in [2.05, 4.69) is 9.97 Å². The monoisotopic (exact) mass is 248 g/mol. The molecule has 0 saturated carbocycles. The molecule has 0 radical (unpaired) electrons. The van der Waals surface area contributed by atoms with Crippen molar-refractivity contribution in [2.24, 2.45) is 0 Å². The third-order valence-electron chi connectivity index (χ3n) is 2.52. The highest BCUT2D eigenvalue weighted by atomic mass is 32.2. The standard InChI is InChI=1S/C11H8N2OS2/c1-5-3-4-6(2)8-7(5)12-9-10(13-8)16-11(14)15-9/h3-4H,1-2H3. The third-order valence-corrected chi connectivity index (χ3v) is 4.44. The van der Waals surface area contributed by atoms with Crippen LogP contribution in [0.25, 0.3) is 20.7 Å². The summed E-state index contributed by atoms with van der Waals surface area (Å²) >= 11 is 2.34. The van der Waals surface area contributed by atoms with Gasteiger partial charge in [-0.3, -0.25) is 4.79 Å². The van der Waals surface area contributed by atoms with E-state index >= 15 is 0 Å². The maximum absolute atomic E-state index is 11.3. The molecule has 0 spiro atoms. The Morgan fingerprint density at radius 2 is 1.38 bits per heavy atom. The lowest BCUT2D eigenvalue weighted by Gasteiger charge is -2.03. The summed E-state index contributed by atoms with van der Waals surface area (Å²) < 4.78 is 0.0561. The van der Waals surface area contributed by atoms with Crippen molar-refractivity contribution in [3.63, 3.8) is 0 Å². The normalized spacial score (nSPS) is 11.4. The predicted octanol–water partition coefficient (Wildman–Crippen LogP) is 2.88. The lowest BCUT2D eigenvalue weighted by molar-refractivity contribution is 1.35. The number of hydrogen-bond donors (Lipinski definition) is 0. The molecule has 3 aromatic rings. The number of nitrogens with zero attached hydrogens (tertiary/aromatic N) is 2. The highest BCUT2D eigenvalue weighted by molar-refractivity contribution is 7.35. The van der Waals surface area contributed by atoms with Gasteiger partial charge in [-0.15, -0.1) is 0 Å². The van der Waals surface area contributed by atoms with Crippen LogP contribution in [0, 0.1) is 13.8 Å². The number of aromatic nitrogens is 2. The van der Waals surface area contributed by atoms with Gasteiger partial charge in [-0.05, 0) is 25.0 Å². The van der Waals surface area contributed by atoms with Crippen LogP contribution in [-0.2, 0) is 0 Å². The maximum atomic E-state index is 11.3. The Balaban J connectivity index is 2.59. The fourth-order valence-corrected chi connectivity index (χ4v) is 3.42. The minimum absolute atomic E-state index is 0.0561. The van der Waals surface area contributed by atoms with Gasteiger partial charge in [0, 0.05) is 0 Å². The fourth-order valence-electron chi connectivity index (χ4n) is 1.67. The van der Waals surface area contributed by atoms with E-state index in [1.54, 1.807) is 0 Å². The minimum Gasteiger partial charge on any atom is -0.265 e. The Kier molecular flexibility index (Phi) is 2.05. The van der Waals surface area contributed by atoms with E-state index in [1.807, 2.05) is 26.0 Å². The van der Waals surface area contributed by atoms with Gasteiger partial charge in [0.1, 0.15) is 0 Å². The van der Waals surface area contributed by atoms with Crippen molar-refractivity contribution in [3.8, 4) is 0 Å². The first-order valence-electron chi connectivity index (χ1n) is 4.83. The number of fused-ring (bicyclic) bond motifs is 2. The fraction of sp³-hybridized carbons (Fsp3) is 0.182. The van der Waals surface area contributed by atoms with Crippen LogP contribution in [-0.4, -0.2) is 9.97 Å². The molecule has 0 aliphatic carbocycles. The zero-order valence-electron chi connectivity index (χ0n) is 8.77. The van der Waals surface area contributed by atoms with Crippen LogP contribution in [0.1, 0.15) is 11.1 Å². The van der Waals surface area contributed by atoms with Crippen LogP contribution in [0.5, 0.6) is 0 Å². The first-order valence-corrected chi connectivity index (χ1v) is 6.46. The molecule has 3 rings (SSSR count). The molecule has 2 aromatic heterocycles. The lowest BCUT2D eigenvalue weighted by Crippen LogP contribution is -1.89. The molecule has 2 heterocycles. The van der Waals surface area contributed by atoms with Gasteiger partial charge < -0.3 is 0 Å². The van der Waals surface area contributed by atoms with Crippen molar-refractivity contribution in [2.75, 3.05) is 0 Å². The minimum atomic E-state index is 0.0561. The van der Waals surface area contributed by atoms with Crippen LogP contribution in [0.15, 0.2) is 16.9 Å². The number of rotatable bonds is 0. The molecule has 0 amide bonds. The van der Waals surface area contributed by atoms with Gasteiger partial charge in [-0.2, -0.15) is 0 Å². The van der Waals surface area contributed by atoms with Gasteiger partial charge in [-0.1, -0.05) is 34.8 Å². The topological polar surface area (TPSA) is 42.9 Å². The van der Waals surface area contributed by atoms with E-state index in [1.165, 1.54) is 22.7 Å². The van der Waals surface area contributed by atoms with Gasteiger partial charge in [0.15, 0.2) is 9.66 Å². The van der Waals surface area contributed by atoms with Crippen LogP contribution in [0.4, 0.5) is 0 Å². The van der Waals surface area contributed by atoms with Gasteiger partial charge in [0.2, 0.25) is 0 Å². The lowest BCUT2D eigenvalue weighted by atomic mass is 10.1. The van der Waals surface area contributed by atoms with Crippen LogP contribution in [0.2, 0.25) is 0 Å². The molecule has 0 aliphatic rings. The van der Waals surface area contributed by atoms with Gasteiger partial charge in [0.25, 0.3) is 4.06 Å². The summed E-state index contributed by atoms with van der Waals surface area (Å²) in [6.07, 6.45) is 0. The average molecular weight is 248 g/mol. The molecular formula is C11H8N2OS2. The molecule has 0 saturated heterocycles. The molecule has 1 aromatic carbocycles. The van der Waals surface area contributed by atoms with Crippen molar-refractivity contribution < 1.29 is 0 Å². The quantitative estimate of drug-likeness (QED) is 0.614. The second-order valence-electron chi connectivity index (χ2n) is 3.68. The number of hydrogen-bond acceptors (Lipinski definition) is 5. The average Bonchev–Trinajstić information content (AvgIpc) is 2.61. The summed E-state index contributed by atoms with van der Waals surface area (Å²) in [5.74, 6) is 0. The van der Waals surface area contributed by atoms with E-state index in [0.29, 0.717) is 0 Å². The van der Waals surface area contributed by atoms with Crippen molar-refractivity contribution in [2.45, 2.75) is 13.8 Å². The zero-order chi connectivity index (χ0) is 11.3. The van der Waals surface area contributed by atoms with E-state index < -0.39 is 0 Å². The predicted molar refractivity (Wildman–Crippen MR) is 68.5 cm³/mol. The summed E-state index contributed by atoms with van der Waals surface area (Å²) in [6.45, 7) is 4.02. The molecule has 80 valence electrons. The molecule has 0 atom stereocenters. The maximum Gasteiger partial charge on any atom is 0.291 e. The highest BCUT2D eigenvalue weighted by Crippen LogP contribution is 2.24. The summed E-state index contributed by atoms with van der Waals surface area (Å²) in [7, 11) is 0. The number of aryl methyl sites for hydroxylation is 2. The molecule has 3 nitrogen and oxygen atoms in total. The van der Waals surface area contributed by atoms with Crippen molar-refractivity contribution in [1.29, 1.82) is 0 Å². The highest BCUT2D eigenvalue weighted by Gasteiger charge is 2.09. The van der Waals surface area contributed by atoms with Gasteiger partial charge in [-0.25, -0.2) is 9.97 Å². The van der Waals surface area contributed by atoms with E-state index in [0.717, 1.165) is 31.8 Å². The first kappa shape index (κ1) is 9.86. The Labute approximate surface area is 99.4 Å². The van der Waals surface area contributed by atoms with Crippen molar-refractivity contribution in [1.82, 2.24) is 9.97 Å². The summed E-state index contributed by atoms with van der Waals surface area (Å²) in [5.41, 5.74) is 4.00. The van der Waals surface area contributed by atoms with E-state index in [-0.39, 0.29) is 4.06 Å². The zero-order valence-corrected chi connectivity index (χ0v) is 10.4. The van der Waals surface area contributed by atoms with Gasteiger partial charge in [0.05, 0.1) is 11.0 Å². The van der Waals surface area contributed by atoms with Crippen LogP contribution in [0.3, 0.4) is 0 Å². The second kappa shape index (κ2) is 3.33. The Morgan fingerprint density at radius 3 is 1.81 bits per heavy atom. The Bertz CT molecular complexity index is 696. The molecule has 0 N–H and O–H groups in total. The van der Waals surface area contributed by atoms with Crippen molar-refractivity contribution in [3.05, 3.63) is 32.1 Å². The van der Waals surface area contributed by atoms with E-state index in [9.17, 15) is 4.79 Å². The first-order chi connectivity index (χ1) is 7.65. The van der Waals surface area contributed by atoms with Crippen LogP contribution < -0.4 is 4.06 Å². The molecule has 16 heavy (non-hydrogen) atoms.